The first kappa shape index (κ1) is 9.68. The van der Waals surface area contributed by atoms with Crippen LogP contribution in [-0.4, -0.2) is 17.6 Å². The van der Waals surface area contributed by atoms with E-state index >= 15 is 0 Å². The van der Waals surface area contributed by atoms with Crippen LogP contribution in [0.15, 0.2) is 16.8 Å². The quantitative estimate of drug-likeness (QED) is 0.785. The molecule has 0 amide bonds. The van der Waals surface area contributed by atoms with Crippen LogP contribution in [0, 0.1) is 5.92 Å². The van der Waals surface area contributed by atoms with Crippen molar-refractivity contribution in [3.8, 4) is 0 Å². The fraction of sp³-hybridized carbons (Fsp3) is 0.500. The Hall–Kier alpha value is -0.870. The molecule has 1 saturated heterocycles. The molecule has 76 valence electrons. The molecule has 1 aromatic heterocycles. The highest BCUT2D eigenvalue weighted by Crippen LogP contribution is 2.26. The summed E-state index contributed by atoms with van der Waals surface area (Å²) in [4.78, 5) is 10.7. The second-order valence-corrected chi connectivity index (χ2v) is 4.41. The Morgan fingerprint density at radius 3 is 2.93 bits per heavy atom. The standard InChI is InChI=1S/C10H13NO2S/c12-10(13)7-1-2-9(11-5-7)8-3-4-14-6-8/h3-4,6-7,9,11H,1-2,5H2,(H,12,13). The maximum atomic E-state index is 10.7. The third-order valence-electron chi connectivity index (χ3n) is 2.71. The Morgan fingerprint density at radius 1 is 1.57 bits per heavy atom. The summed E-state index contributed by atoms with van der Waals surface area (Å²) in [5.41, 5.74) is 1.29. The summed E-state index contributed by atoms with van der Waals surface area (Å²) in [6.07, 6.45) is 1.70. The van der Waals surface area contributed by atoms with Gasteiger partial charge in [0, 0.05) is 12.6 Å². The number of nitrogens with one attached hydrogen (secondary N) is 1. The van der Waals surface area contributed by atoms with Crippen molar-refractivity contribution in [2.45, 2.75) is 18.9 Å². The minimum Gasteiger partial charge on any atom is -0.481 e. The molecule has 1 aromatic rings. The fourth-order valence-corrected chi connectivity index (χ4v) is 2.54. The summed E-state index contributed by atoms with van der Waals surface area (Å²) in [6, 6.07) is 2.46. The average molecular weight is 211 g/mol. The van der Waals surface area contributed by atoms with E-state index in [1.165, 1.54) is 5.56 Å². The minimum absolute atomic E-state index is 0.204. The molecule has 0 saturated carbocycles. The van der Waals surface area contributed by atoms with Crippen molar-refractivity contribution in [3.05, 3.63) is 22.4 Å². The first-order valence-electron chi connectivity index (χ1n) is 4.75. The van der Waals surface area contributed by atoms with Crippen LogP contribution in [-0.2, 0) is 4.79 Å². The zero-order valence-corrected chi connectivity index (χ0v) is 8.59. The molecule has 2 rings (SSSR count). The number of rotatable bonds is 2. The van der Waals surface area contributed by atoms with E-state index in [0.29, 0.717) is 12.6 Å². The Morgan fingerprint density at radius 2 is 2.43 bits per heavy atom. The van der Waals surface area contributed by atoms with Gasteiger partial charge in [0.2, 0.25) is 0 Å². The number of carboxylic acids is 1. The highest BCUT2D eigenvalue weighted by molar-refractivity contribution is 7.07. The maximum absolute atomic E-state index is 10.7. The Bertz CT molecular complexity index is 302. The molecule has 14 heavy (non-hydrogen) atoms. The fourth-order valence-electron chi connectivity index (χ4n) is 1.83. The van der Waals surface area contributed by atoms with Crippen LogP contribution < -0.4 is 5.32 Å². The zero-order valence-electron chi connectivity index (χ0n) is 7.77. The van der Waals surface area contributed by atoms with E-state index in [4.69, 9.17) is 5.11 Å². The number of thiophene rings is 1. The number of carbonyl (C=O) groups is 1. The lowest BCUT2D eigenvalue weighted by Crippen LogP contribution is -2.36. The van der Waals surface area contributed by atoms with Gasteiger partial charge in [-0.05, 0) is 35.2 Å². The second kappa shape index (κ2) is 4.11. The molecule has 1 aliphatic heterocycles. The second-order valence-electron chi connectivity index (χ2n) is 3.63. The van der Waals surface area contributed by atoms with E-state index < -0.39 is 5.97 Å². The summed E-state index contributed by atoms with van der Waals surface area (Å²) in [6.45, 7) is 0.593. The first-order valence-corrected chi connectivity index (χ1v) is 5.70. The van der Waals surface area contributed by atoms with Crippen LogP contribution in [0.3, 0.4) is 0 Å². The molecule has 2 unspecified atom stereocenters. The van der Waals surface area contributed by atoms with Crippen LogP contribution in [0.25, 0.3) is 0 Å². The predicted octanol–water partition coefficient (Wildman–Crippen LogP) is 1.87. The van der Waals surface area contributed by atoms with Gasteiger partial charge in [0.05, 0.1) is 5.92 Å². The lowest BCUT2D eigenvalue weighted by molar-refractivity contribution is -0.142. The van der Waals surface area contributed by atoms with Crippen molar-refractivity contribution in [2.24, 2.45) is 5.92 Å². The molecule has 2 heterocycles. The molecule has 4 heteroatoms. The van der Waals surface area contributed by atoms with Gasteiger partial charge in [-0.25, -0.2) is 0 Å². The van der Waals surface area contributed by atoms with Gasteiger partial charge in [0.15, 0.2) is 0 Å². The monoisotopic (exact) mass is 211 g/mol. The number of piperidine rings is 1. The molecular formula is C10H13NO2S. The number of carboxylic acid groups (broad SMARTS) is 1. The highest BCUT2D eigenvalue weighted by Gasteiger charge is 2.26. The maximum Gasteiger partial charge on any atom is 0.307 e. The third kappa shape index (κ3) is 1.96. The van der Waals surface area contributed by atoms with Crippen molar-refractivity contribution < 1.29 is 9.90 Å². The SMILES string of the molecule is O=C(O)C1CCC(c2ccsc2)NC1. The third-order valence-corrected chi connectivity index (χ3v) is 3.41. The van der Waals surface area contributed by atoms with E-state index in [9.17, 15) is 4.79 Å². The molecule has 0 bridgehead atoms. The molecular weight excluding hydrogens is 198 g/mol. The van der Waals surface area contributed by atoms with Gasteiger partial charge in [-0.2, -0.15) is 11.3 Å². The van der Waals surface area contributed by atoms with E-state index in [2.05, 4.69) is 22.1 Å². The zero-order chi connectivity index (χ0) is 9.97. The van der Waals surface area contributed by atoms with Crippen LogP contribution in [0.1, 0.15) is 24.4 Å². The summed E-state index contributed by atoms with van der Waals surface area (Å²) < 4.78 is 0. The van der Waals surface area contributed by atoms with Gasteiger partial charge < -0.3 is 10.4 Å². The molecule has 1 aliphatic rings. The van der Waals surface area contributed by atoms with Crippen molar-refractivity contribution in [1.29, 1.82) is 0 Å². The molecule has 2 atom stereocenters. The van der Waals surface area contributed by atoms with Gasteiger partial charge in [-0.1, -0.05) is 0 Å². The van der Waals surface area contributed by atoms with Crippen molar-refractivity contribution in [1.82, 2.24) is 5.32 Å². The summed E-state index contributed by atoms with van der Waals surface area (Å²) in [5, 5.41) is 16.3. The Labute approximate surface area is 86.8 Å². The van der Waals surface area contributed by atoms with Crippen molar-refractivity contribution in [3.63, 3.8) is 0 Å². The molecule has 3 nitrogen and oxygen atoms in total. The number of hydrogen-bond donors (Lipinski definition) is 2. The largest absolute Gasteiger partial charge is 0.481 e. The predicted molar refractivity (Wildman–Crippen MR) is 55.4 cm³/mol. The summed E-state index contributed by atoms with van der Waals surface area (Å²) >= 11 is 1.68. The van der Waals surface area contributed by atoms with Crippen LogP contribution in [0.2, 0.25) is 0 Å². The molecule has 0 aromatic carbocycles. The lowest BCUT2D eigenvalue weighted by Gasteiger charge is -2.27. The topological polar surface area (TPSA) is 49.3 Å². The van der Waals surface area contributed by atoms with Gasteiger partial charge >= 0.3 is 5.97 Å². The summed E-state index contributed by atoms with van der Waals surface area (Å²) in [5.74, 6) is -0.883. The van der Waals surface area contributed by atoms with E-state index in [-0.39, 0.29) is 5.92 Å². The van der Waals surface area contributed by atoms with Gasteiger partial charge in [-0.15, -0.1) is 0 Å². The van der Waals surface area contributed by atoms with E-state index in [0.717, 1.165) is 12.8 Å². The smallest absolute Gasteiger partial charge is 0.307 e. The average Bonchev–Trinajstić information content (AvgIpc) is 2.71. The van der Waals surface area contributed by atoms with Crippen molar-refractivity contribution >= 4 is 17.3 Å². The number of hydrogen-bond acceptors (Lipinski definition) is 3. The molecule has 1 fully saturated rings. The van der Waals surface area contributed by atoms with E-state index in [1.807, 2.05) is 0 Å². The van der Waals surface area contributed by atoms with Crippen LogP contribution in [0.4, 0.5) is 0 Å². The van der Waals surface area contributed by atoms with Gasteiger partial charge in [0.1, 0.15) is 0 Å². The molecule has 0 spiro atoms. The van der Waals surface area contributed by atoms with Gasteiger partial charge in [0.25, 0.3) is 0 Å². The van der Waals surface area contributed by atoms with Crippen LogP contribution >= 0.6 is 11.3 Å². The highest BCUT2D eigenvalue weighted by atomic mass is 32.1. The Kier molecular flexibility index (Phi) is 2.84. The number of aliphatic carboxylic acids is 1. The molecule has 0 aliphatic carbocycles. The lowest BCUT2D eigenvalue weighted by atomic mass is 9.92. The van der Waals surface area contributed by atoms with Crippen LogP contribution in [0.5, 0.6) is 0 Å². The van der Waals surface area contributed by atoms with Gasteiger partial charge in [-0.3, -0.25) is 4.79 Å². The summed E-state index contributed by atoms with van der Waals surface area (Å²) in [7, 11) is 0. The molecule has 2 N–H and O–H groups in total. The Balaban J connectivity index is 1.93. The van der Waals surface area contributed by atoms with E-state index in [1.54, 1.807) is 11.3 Å². The molecule has 0 radical (unpaired) electrons. The minimum atomic E-state index is -0.679. The normalized spacial score (nSPS) is 27.4. The first-order chi connectivity index (χ1) is 6.77. The van der Waals surface area contributed by atoms with Crippen molar-refractivity contribution in [2.75, 3.05) is 6.54 Å².